The highest BCUT2D eigenvalue weighted by Gasteiger charge is 2.20. The Hall–Kier alpha value is -1.66. The van der Waals surface area contributed by atoms with Crippen LogP contribution in [0.2, 0.25) is 0 Å². The van der Waals surface area contributed by atoms with Crippen molar-refractivity contribution >= 4 is 6.03 Å². The van der Waals surface area contributed by atoms with E-state index >= 15 is 0 Å². The molecule has 0 radical (unpaired) electrons. The van der Waals surface area contributed by atoms with Gasteiger partial charge in [0.25, 0.3) is 0 Å². The van der Waals surface area contributed by atoms with Gasteiger partial charge in [-0.15, -0.1) is 0 Å². The molecule has 0 aliphatic heterocycles. The molecule has 1 fully saturated rings. The average Bonchev–Trinajstić information content (AvgIpc) is 2.53. The van der Waals surface area contributed by atoms with Gasteiger partial charge in [0.1, 0.15) is 5.82 Å². The predicted molar refractivity (Wildman–Crippen MR) is 92.0 cm³/mol. The van der Waals surface area contributed by atoms with Crippen LogP contribution in [0.25, 0.3) is 0 Å². The van der Waals surface area contributed by atoms with Crippen molar-refractivity contribution in [3.8, 4) is 0 Å². The lowest BCUT2D eigenvalue weighted by atomic mass is 9.87. The number of hydrogen-bond donors (Lipinski definition) is 3. The molecule has 5 nitrogen and oxygen atoms in total. The van der Waals surface area contributed by atoms with Gasteiger partial charge in [0.05, 0.1) is 6.10 Å². The summed E-state index contributed by atoms with van der Waals surface area (Å²) in [7, 11) is 3.78. The minimum Gasteiger partial charge on any atom is -0.393 e. The molecule has 0 heterocycles. The van der Waals surface area contributed by atoms with Crippen LogP contribution in [0.4, 0.5) is 9.18 Å². The molecule has 0 spiro atoms. The predicted octanol–water partition coefficient (Wildman–Crippen LogP) is 2.24. The summed E-state index contributed by atoms with van der Waals surface area (Å²) < 4.78 is 13.7. The Morgan fingerprint density at radius 2 is 2.12 bits per heavy atom. The van der Waals surface area contributed by atoms with Crippen molar-refractivity contribution in [2.45, 2.75) is 44.9 Å². The Morgan fingerprint density at radius 1 is 1.33 bits per heavy atom. The molecule has 2 rings (SSSR count). The molecule has 0 bridgehead atoms. The third-order valence-electron chi connectivity index (χ3n) is 4.36. The Labute approximate surface area is 143 Å². The van der Waals surface area contributed by atoms with Crippen molar-refractivity contribution in [1.82, 2.24) is 15.5 Å². The fraction of sp³-hybridized carbons (Fsp3) is 0.611. The largest absolute Gasteiger partial charge is 0.393 e. The third kappa shape index (κ3) is 6.09. The van der Waals surface area contributed by atoms with Gasteiger partial charge in [-0.3, -0.25) is 0 Å². The van der Waals surface area contributed by atoms with Crippen molar-refractivity contribution in [3.05, 3.63) is 35.1 Å². The summed E-state index contributed by atoms with van der Waals surface area (Å²) in [5.41, 5.74) is 1.49. The summed E-state index contributed by atoms with van der Waals surface area (Å²) in [5, 5.41) is 15.3. The number of nitrogens with one attached hydrogen (secondary N) is 2. The van der Waals surface area contributed by atoms with Crippen LogP contribution >= 0.6 is 0 Å². The number of aliphatic hydroxyl groups excluding tert-OH is 1. The first kappa shape index (κ1) is 18.7. The Morgan fingerprint density at radius 3 is 2.83 bits per heavy atom. The van der Waals surface area contributed by atoms with Crippen LogP contribution in [0.5, 0.6) is 0 Å². The van der Waals surface area contributed by atoms with E-state index in [4.69, 9.17) is 0 Å². The summed E-state index contributed by atoms with van der Waals surface area (Å²) in [6.45, 7) is 1.47. The van der Waals surface area contributed by atoms with E-state index in [1.54, 1.807) is 12.1 Å². The maximum absolute atomic E-state index is 13.7. The van der Waals surface area contributed by atoms with Crippen LogP contribution in [0, 0.1) is 11.7 Å². The lowest BCUT2D eigenvalue weighted by molar-refractivity contribution is 0.101. The molecule has 0 saturated heterocycles. The van der Waals surface area contributed by atoms with Gasteiger partial charge in [-0.25, -0.2) is 9.18 Å². The number of rotatable bonds is 6. The van der Waals surface area contributed by atoms with E-state index in [1.165, 1.54) is 6.07 Å². The number of carbonyl (C=O) groups is 1. The molecule has 0 aromatic heterocycles. The Bertz CT molecular complexity index is 551. The number of benzene rings is 1. The summed E-state index contributed by atoms with van der Waals surface area (Å²) in [6.07, 6.45) is 3.44. The molecule has 1 aliphatic rings. The van der Waals surface area contributed by atoms with E-state index < -0.39 is 0 Å². The fourth-order valence-electron chi connectivity index (χ4n) is 3.13. The molecule has 2 unspecified atom stereocenters. The molecular formula is C18H28FN3O2. The van der Waals surface area contributed by atoms with Gasteiger partial charge in [0, 0.05) is 25.2 Å². The first-order valence-corrected chi connectivity index (χ1v) is 8.56. The SMILES string of the molecule is CN(C)Cc1cc(CNC(=O)NCC2CCCC(O)C2)ccc1F. The summed E-state index contributed by atoms with van der Waals surface area (Å²) in [5.74, 6) is 0.116. The molecule has 1 aliphatic carbocycles. The number of aliphatic hydroxyl groups is 1. The maximum atomic E-state index is 13.7. The Balaban J connectivity index is 1.77. The molecule has 134 valence electrons. The second kappa shape index (κ2) is 8.99. The van der Waals surface area contributed by atoms with Crippen molar-refractivity contribution in [2.75, 3.05) is 20.6 Å². The zero-order valence-electron chi connectivity index (χ0n) is 14.5. The Kier molecular flexibility index (Phi) is 6.99. The highest BCUT2D eigenvalue weighted by Crippen LogP contribution is 2.23. The first-order chi connectivity index (χ1) is 11.4. The lowest BCUT2D eigenvalue weighted by Gasteiger charge is -2.25. The van der Waals surface area contributed by atoms with E-state index in [2.05, 4.69) is 10.6 Å². The van der Waals surface area contributed by atoms with Crippen molar-refractivity contribution in [3.63, 3.8) is 0 Å². The number of halogens is 1. The number of amides is 2. The minimum atomic E-state index is -0.233. The highest BCUT2D eigenvalue weighted by atomic mass is 19.1. The molecule has 1 aromatic carbocycles. The lowest BCUT2D eigenvalue weighted by Crippen LogP contribution is -2.39. The molecule has 6 heteroatoms. The standard InChI is InChI=1S/C18H28FN3O2/c1-22(2)12-15-8-14(6-7-17(15)19)11-21-18(24)20-10-13-4-3-5-16(23)9-13/h6-8,13,16,23H,3-5,9-12H2,1-2H3,(H2,20,21,24). The molecule has 24 heavy (non-hydrogen) atoms. The number of hydrogen-bond acceptors (Lipinski definition) is 3. The quantitative estimate of drug-likeness (QED) is 0.746. The van der Waals surface area contributed by atoms with Gasteiger partial charge in [0.2, 0.25) is 0 Å². The van der Waals surface area contributed by atoms with Crippen LogP contribution in [0.15, 0.2) is 18.2 Å². The minimum absolute atomic E-state index is 0.228. The zero-order valence-corrected chi connectivity index (χ0v) is 14.5. The van der Waals surface area contributed by atoms with Crippen LogP contribution in [-0.2, 0) is 13.1 Å². The third-order valence-corrected chi connectivity index (χ3v) is 4.36. The topological polar surface area (TPSA) is 64.6 Å². The fourth-order valence-corrected chi connectivity index (χ4v) is 3.13. The van der Waals surface area contributed by atoms with Crippen molar-refractivity contribution < 1.29 is 14.3 Å². The van der Waals surface area contributed by atoms with Gasteiger partial charge in [-0.2, -0.15) is 0 Å². The average molecular weight is 337 g/mol. The van der Waals surface area contributed by atoms with E-state index in [0.29, 0.717) is 31.1 Å². The highest BCUT2D eigenvalue weighted by molar-refractivity contribution is 5.73. The van der Waals surface area contributed by atoms with Gasteiger partial charge in [0.15, 0.2) is 0 Å². The van der Waals surface area contributed by atoms with Crippen LogP contribution in [0.1, 0.15) is 36.8 Å². The van der Waals surface area contributed by atoms with E-state index in [0.717, 1.165) is 31.2 Å². The normalized spacial score (nSPS) is 20.9. The molecular weight excluding hydrogens is 309 g/mol. The summed E-state index contributed by atoms with van der Waals surface area (Å²) in [4.78, 5) is 13.8. The van der Waals surface area contributed by atoms with Crippen LogP contribution < -0.4 is 10.6 Å². The van der Waals surface area contributed by atoms with Crippen LogP contribution in [0.3, 0.4) is 0 Å². The van der Waals surface area contributed by atoms with Gasteiger partial charge < -0.3 is 20.6 Å². The monoisotopic (exact) mass is 337 g/mol. The van der Waals surface area contributed by atoms with Gasteiger partial charge in [-0.05, 0) is 57.0 Å². The van der Waals surface area contributed by atoms with Crippen LogP contribution in [-0.4, -0.2) is 42.8 Å². The van der Waals surface area contributed by atoms with E-state index in [1.807, 2.05) is 19.0 Å². The molecule has 2 amide bonds. The van der Waals surface area contributed by atoms with Crippen molar-refractivity contribution in [2.24, 2.45) is 5.92 Å². The maximum Gasteiger partial charge on any atom is 0.315 e. The molecule has 3 N–H and O–H groups in total. The second-order valence-corrected chi connectivity index (χ2v) is 6.91. The molecule has 1 aromatic rings. The van der Waals surface area contributed by atoms with E-state index in [9.17, 15) is 14.3 Å². The molecule has 1 saturated carbocycles. The summed E-state index contributed by atoms with van der Waals surface area (Å²) in [6, 6.07) is 4.69. The number of carbonyl (C=O) groups excluding carboxylic acids is 1. The second-order valence-electron chi connectivity index (χ2n) is 6.91. The number of urea groups is 1. The zero-order chi connectivity index (χ0) is 17.5. The number of nitrogens with zero attached hydrogens (tertiary/aromatic N) is 1. The van der Waals surface area contributed by atoms with Gasteiger partial charge in [-0.1, -0.05) is 12.5 Å². The first-order valence-electron chi connectivity index (χ1n) is 8.56. The van der Waals surface area contributed by atoms with Crippen molar-refractivity contribution in [1.29, 1.82) is 0 Å². The molecule has 2 atom stereocenters. The smallest absolute Gasteiger partial charge is 0.315 e. The van der Waals surface area contributed by atoms with E-state index in [-0.39, 0.29) is 18.0 Å². The van der Waals surface area contributed by atoms with Gasteiger partial charge >= 0.3 is 6.03 Å². The summed E-state index contributed by atoms with van der Waals surface area (Å²) >= 11 is 0.